The number of fused-ring (bicyclic) bond motifs is 1. The van der Waals surface area contributed by atoms with E-state index in [1.54, 1.807) is 24.3 Å². The van der Waals surface area contributed by atoms with Crippen LogP contribution in [0.25, 0.3) is 0 Å². The Morgan fingerprint density at radius 3 is 2.48 bits per heavy atom. The molecule has 0 spiro atoms. The number of rotatable bonds is 9. The fourth-order valence-corrected chi connectivity index (χ4v) is 4.72. The summed E-state index contributed by atoms with van der Waals surface area (Å²) in [7, 11) is 0. The maximum atomic E-state index is 14.2. The smallest absolute Gasteiger partial charge is 0.272 e. The molecule has 11 nitrogen and oxygen atoms in total. The number of benzene rings is 3. The van der Waals surface area contributed by atoms with E-state index in [0.29, 0.717) is 24.5 Å². The SMILES string of the molecule is CC(=O)N(CC(O)N1CCN(Cc2ccc3c(c2)OCO3)CC1)c1ccc(Oc2ccc([N+](=O)[O-])cc2F)cc1. The van der Waals surface area contributed by atoms with Gasteiger partial charge in [0.15, 0.2) is 23.1 Å². The number of ether oxygens (including phenoxy) is 3. The minimum absolute atomic E-state index is 0.0781. The summed E-state index contributed by atoms with van der Waals surface area (Å²) >= 11 is 0. The molecule has 1 saturated heterocycles. The standard InChI is InChI=1S/C28H29FN4O7/c1-19(34)32(21-3-6-23(7-4-21)40-25-9-5-22(33(36)37)15-24(25)29)17-28(35)31-12-10-30(11-13-31)16-20-2-8-26-27(14-20)39-18-38-26/h2-9,14-15,28,35H,10-13,16-18H2,1H3. The van der Waals surface area contributed by atoms with Crippen LogP contribution in [-0.2, 0) is 11.3 Å². The van der Waals surface area contributed by atoms with Crippen molar-refractivity contribution in [2.75, 3.05) is 44.4 Å². The lowest BCUT2D eigenvalue weighted by Gasteiger charge is -2.38. The largest absolute Gasteiger partial charge is 0.454 e. The molecule has 2 aliphatic heterocycles. The average Bonchev–Trinajstić information content (AvgIpc) is 3.41. The van der Waals surface area contributed by atoms with Gasteiger partial charge in [0.25, 0.3) is 5.69 Å². The third kappa shape index (κ3) is 6.30. The molecule has 2 heterocycles. The van der Waals surface area contributed by atoms with Gasteiger partial charge in [-0.25, -0.2) is 4.39 Å². The molecular formula is C28H29FN4O7. The number of hydrogen-bond donors (Lipinski definition) is 1. The summed E-state index contributed by atoms with van der Waals surface area (Å²) in [6.45, 7) is 5.32. The highest BCUT2D eigenvalue weighted by atomic mass is 19.1. The second-order valence-electron chi connectivity index (χ2n) is 9.58. The van der Waals surface area contributed by atoms with Crippen LogP contribution >= 0.6 is 0 Å². The van der Waals surface area contributed by atoms with Gasteiger partial charge in [0.05, 0.1) is 17.5 Å². The number of nitro groups is 1. The fourth-order valence-electron chi connectivity index (χ4n) is 4.72. The number of non-ortho nitro benzene ring substituents is 1. The lowest BCUT2D eigenvalue weighted by Crippen LogP contribution is -2.53. The number of nitrogens with zero attached hydrogens (tertiary/aromatic N) is 4. The molecule has 1 unspecified atom stereocenters. The molecule has 0 bridgehead atoms. The van der Waals surface area contributed by atoms with Crippen LogP contribution in [0.1, 0.15) is 12.5 Å². The normalized spacial score (nSPS) is 16.0. The summed E-state index contributed by atoms with van der Waals surface area (Å²) in [6.07, 6.45) is -0.860. The van der Waals surface area contributed by atoms with Gasteiger partial charge < -0.3 is 24.2 Å². The lowest BCUT2D eigenvalue weighted by atomic mass is 10.1. The molecule has 0 radical (unpaired) electrons. The second-order valence-corrected chi connectivity index (χ2v) is 9.58. The third-order valence-corrected chi connectivity index (χ3v) is 6.90. The van der Waals surface area contributed by atoms with Crippen molar-refractivity contribution in [1.82, 2.24) is 9.80 Å². The molecule has 0 aliphatic carbocycles. The van der Waals surface area contributed by atoms with E-state index in [1.807, 2.05) is 23.1 Å². The summed E-state index contributed by atoms with van der Waals surface area (Å²) in [4.78, 5) is 28.3. The van der Waals surface area contributed by atoms with Gasteiger partial charge in [-0.05, 0) is 48.0 Å². The van der Waals surface area contributed by atoms with Crippen LogP contribution in [-0.4, -0.2) is 71.5 Å². The van der Waals surface area contributed by atoms with E-state index < -0.39 is 17.0 Å². The highest BCUT2D eigenvalue weighted by Crippen LogP contribution is 2.33. The van der Waals surface area contributed by atoms with Crippen molar-refractivity contribution in [3.8, 4) is 23.0 Å². The van der Waals surface area contributed by atoms with E-state index >= 15 is 0 Å². The van der Waals surface area contributed by atoms with Crippen LogP contribution in [0.4, 0.5) is 15.8 Å². The maximum absolute atomic E-state index is 14.2. The quantitative estimate of drug-likeness (QED) is 0.313. The third-order valence-electron chi connectivity index (χ3n) is 6.90. The van der Waals surface area contributed by atoms with Crippen molar-refractivity contribution in [2.45, 2.75) is 19.7 Å². The Hall–Kier alpha value is -4.26. The zero-order chi connectivity index (χ0) is 28.2. The summed E-state index contributed by atoms with van der Waals surface area (Å²) in [5.74, 6) is 0.550. The summed E-state index contributed by atoms with van der Waals surface area (Å²) in [6, 6.07) is 15.5. The Kier molecular flexibility index (Phi) is 8.10. The van der Waals surface area contributed by atoms with Gasteiger partial charge in [-0.2, -0.15) is 0 Å². The molecular weight excluding hydrogens is 523 g/mol. The molecule has 0 saturated carbocycles. The average molecular weight is 553 g/mol. The summed E-state index contributed by atoms with van der Waals surface area (Å²) < 4.78 is 30.5. The topological polar surface area (TPSA) is 118 Å². The van der Waals surface area contributed by atoms with Crippen molar-refractivity contribution in [3.63, 3.8) is 0 Å². The Morgan fingerprint density at radius 1 is 1.07 bits per heavy atom. The lowest BCUT2D eigenvalue weighted by molar-refractivity contribution is -0.385. The predicted octanol–water partition coefficient (Wildman–Crippen LogP) is 3.74. The second kappa shape index (κ2) is 11.9. The van der Waals surface area contributed by atoms with Gasteiger partial charge in [-0.15, -0.1) is 0 Å². The number of amides is 1. The molecule has 12 heteroatoms. The number of piperazine rings is 1. The number of hydrogen-bond acceptors (Lipinski definition) is 9. The molecule has 3 aromatic rings. The minimum atomic E-state index is -0.860. The molecule has 40 heavy (non-hydrogen) atoms. The molecule has 210 valence electrons. The van der Waals surface area contributed by atoms with Crippen LogP contribution in [0.3, 0.4) is 0 Å². The zero-order valence-electron chi connectivity index (χ0n) is 21.9. The van der Waals surface area contributed by atoms with Gasteiger partial charge >= 0.3 is 0 Å². The van der Waals surface area contributed by atoms with Crippen LogP contribution < -0.4 is 19.1 Å². The number of carbonyl (C=O) groups is 1. The minimum Gasteiger partial charge on any atom is -0.454 e. The first-order chi connectivity index (χ1) is 19.3. The number of aliphatic hydroxyl groups excluding tert-OH is 1. The monoisotopic (exact) mass is 552 g/mol. The van der Waals surface area contributed by atoms with Crippen LogP contribution in [0.15, 0.2) is 60.7 Å². The Morgan fingerprint density at radius 2 is 1.80 bits per heavy atom. The molecule has 3 aromatic carbocycles. The molecule has 2 aliphatic rings. The number of aliphatic hydroxyl groups is 1. The van der Waals surface area contributed by atoms with Crippen LogP contribution in [0, 0.1) is 15.9 Å². The highest BCUT2D eigenvalue weighted by Gasteiger charge is 2.26. The number of halogens is 1. The van der Waals surface area contributed by atoms with Crippen molar-refractivity contribution >= 4 is 17.3 Å². The summed E-state index contributed by atoms with van der Waals surface area (Å²) in [5.41, 5.74) is 1.30. The molecule has 1 atom stereocenters. The van der Waals surface area contributed by atoms with Crippen molar-refractivity contribution in [1.29, 1.82) is 0 Å². The zero-order valence-corrected chi connectivity index (χ0v) is 21.9. The van der Waals surface area contributed by atoms with Crippen LogP contribution in [0.5, 0.6) is 23.0 Å². The van der Waals surface area contributed by atoms with Crippen molar-refractivity contribution in [2.24, 2.45) is 0 Å². The van der Waals surface area contributed by atoms with E-state index in [-0.39, 0.29) is 30.7 Å². The number of nitro benzene ring substituents is 1. The van der Waals surface area contributed by atoms with Crippen molar-refractivity contribution in [3.05, 3.63) is 82.2 Å². The Balaban J connectivity index is 1.15. The first-order valence-electron chi connectivity index (χ1n) is 12.8. The van der Waals surface area contributed by atoms with E-state index in [9.17, 15) is 24.4 Å². The van der Waals surface area contributed by atoms with Crippen molar-refractivity contribution < 1.29 is 33.4 Å². The van der Waals surface area contributed by atoms with Crippen LogP contribution in [0.2, 0.25) is 0 Å². The van der Waals surface area contributed by atoms with Gasteiger partial charge in [0, 0.05) is 51.4 Å². The van der Waals surface area contributed by atoms with Gasteiger partial charge in [-0.1, -0.05) is 6.07 Å². The molecule has 0 aromatic heterocycles. The first kappa shape index (κ1) is 27.3. The Labute approximate surface area is 230 Å². The van der Waals surface area contributed by atoms with E-state index in [2.05, 4.69) is 4.90 Å². The highest BCUT2D eigenvalue weighted by molar-refractivity contribution is 5.91. The molecule has 5 rings (SSSR count). The molecule has 1 amide bonds. The Bertz CT molecular complexity index is 1380. The van der Waals surface area contributed by atoms with Gasteiger partial charge in [-0.3, -0.25) is 24.7 Å². The van der Waals surface area contributed by atoms with E-state index in [4.69, 9.17) is 14.2 Å². The van der Waals surface area contributed by atoms with Gasteiger partial charge in [0.1, 0.15) is 12.0 Å². The predicted molar refractivity (Wildman–Crippen MR) is 143 cm³/mol. The van der Waals surface area contributed by atoms with E-state index in [0.717, 1.165) is 48.8 Å². The summed E-state index contributed by atoms with van der Waals surface area (Å²) in [5, 5.41) is 21.8. The van der Waals surface area contributed by atoms with Gasteiger partial charge in [0.2, 0.25) is 12.7 Å². The molecule has 1 N–H and O–H groups in total. The maximum Gasteiger partial charge on any atom is 0.272 e. The molecule has 1 fully saturated rings. The fraction of sp³-hybridized carbons (Fsp3) is 0.321. The number of anilines is 1. The first-order valence-corrected chi connectivity index (χ1v) is 12.8. The number of carbonyl (C=O) groups excluding carboxylic acids is 1. The van der Waals surface area contributed by atoms with E-state index in [1.165, 1.54) is 17.9 Å².